The van der Waals surface area contributed by atoms with Gasteiger partial charge in [0.1, 0.15) is 9.40 Å². The third-order valence-corrected chi connectivity index (χ3v) is 5.09. The molecule has 2 N–H and O–H groups in total. The molecule has 0 aliphatic carbocycles. The standard InChI is InChI=1S/C16H17N5S2.C2H6/c1-10-4-5-12(13(6-10)8-17)9-22-16(18)23-15-14(19-3)7-11(2)20-21-15;1-2/h4-7,18H,9H2,1-3H3,(H,19,20);1-2H3. The second kappa shape index (κ2) is 10.7. The molecule has 25 heavy (non-hydrogen) atoms. The van der Waals surface area contributed by atoms with Crippen LogP contribution in [0.1, 0.15) is 36.2 Å². The Morgan fingerprint density at radius 1 is 1.24 bits per heavy atom. The van der Waals surface area contributed by atoms with Crippen LogP contribution in [0, 0.1) is 30.6 Å². The van der Waals surface area contributed by atoms with Gasteiger partial charge in [0.15, 0.2) is 0 Å². The lowest BCUT2D eigenvalue weighted by atomic mass is 10.1. The topological polar surface area (TPSA) is 85.5 Å². The van der Waals surface area contributed by atoms with Gasteiger partial charge >= 0.3 is 0 Å². The van der Waals surface area contributed by atoms with Crippen LogP contribution in [0.2, 0.25) is 0 Å². The Morgan fingerprint density at radius 3 is 2.60 bits per heavy atom. The number of nitrogens with zero attached hydrogens (tertiary/aromatic N) is 3. The summed E-state index contributed by atoms with van der Waals surface area (Å²) in [5.74, 6) is 0.586. The number of rotatable bonds is 4. The van der Waals surface area contributed by atoms with Crippen LogP contribution in [-0.4, -0.2) is 21.6 Å². The number of hydrogen-bond acceptors (Lipinski definition) is 7. The monoisotopic (exact) mass is 373 g/mol. The van der Waals surface area contributed by atoms with E-state index >= 15 is 0 Å². The molecule has 1 heterocycles. The van der Waals surface area contributed by atoms with Gasteiger partial charge in [0, 0.05) is 12.8 Å². The highest BCUT2D eigenvalue weighted by molar-refractivity contribution is 8.38. The second-order valence-corrected chi connectivity index (χ2v) is 7.15. The van der Waals surface area contributed by atoms with Gasteiger partial charge in [0.2, 0.25) is 0 Å². The number of thioether (sulfide) groups is 2. The fourth-order valence-corrected chi connectivity index (χ4v) is 3.63. The minimum absolute atomic E-state index is 0.420. The van der Waals surface area contributed by atoms with Gasteiger partial charge in [-0.15, -0.1) is 5.10 Å². The SMILES string of the molecule is CC.CNc1cc(C)nnc1SC(=N)SCc1ccc(C)cc1C#N. The molecule has 132 valence electrons. The van der Waals surface area contributed by atoms with Crippen LogP contribution in [0.25, 0.3) is 0 Å². The minimum Gasteiger partial charge on any atom is -0.386 e. The van der Waals surface area contributed by atoms with Crippen LogP contribution >= 0.6 is 23.5 Å². The Balaban J connectivity index is 0.00000151. The lowest BCUT2D eigenvalue weighted by Gasteiger charge is -2.09. The summed E-state index contributed by atoms with van der Waals surface area (Å²) in [6.45, 7) is 7.84. The van der Waals surface area contributed by atoms with Crippen LogP contribution < -0.4 is 5.32 Å². The summed E-state index contributed by atoms with van der Waals surface area (Å²) in [5.41, 5.74) is 4.36. The zero-order chi connectivity index (χ0) is 18.8. The number of aromatic nitrogens is 2. The molecule has 0 fully saturated rings. The van der Waals surface area contributed by atoms with Gasteiger partial charge in [-0.1, -0.05) is 37.7 Å². The van der Waals surface area contributed by atoms with Gasteiger partial charge < -0.3 is 5.32 Å². The highest BCUT2D eigenvalue weighted by atomic mass is 32.2. The van der Waals surface area contributed by atoms with Crippen LogP contribution in [0.5, 0.6) is 0 Å². The maximum Gasteiger partial charge on any atom is 0.149 e. The van der Waals surface area contributed by atoms with E-state index in [0.717, 1.165) is 22.5 Å². The lowest BCUT2D eigenvalue weighted by Crippen LogP contribution is -1.99. The Morgan fingerprint density at radius 2 is 1.96 bits per heavy atom. The van der Waals surface area contributed by atoms with Gasteiger partial charge in [0.05, 0.1) is 23.0 Å². The van der Waals surface area contributed by atoms with E-state index in [9.17, 15) is 5.26 Å². The molecule has 0 bridgehead atoms. The summed E-state index contributed by atoms with van der Waals surface area (Å²) in [7, 11) is 1.82. The van der Waals surface area contributed by atoms with E-state index in [2.05, 4.69) is 21.6 Å². The third kappa shape index (κ3) is 6.40. The molecule has 2 aromatic rings. The average molecular weight is 374 g/mol. The number of nitrogens with one attached hydrogen (secondary N) is 2. The van der Waals surface area contributed by atoms with Gasteiger partial charge in [-0.3, -0.25) is 5.41 Å². The Hall–Kier alpha value is -2.04. The summed E-state index contributed by atoms with van der Waals surface area (Å²) in [5, 5.41) is 29.2. The summed E-state index contributed by atoms with van der Waals surface area (Å²) in [6.07, 6.45) is 0. The first kappa shape index (κ1) is 21.0. The van der Waals surface area contributed by atoms with Gasteiger partial charge in [-0.2, -0.15) is 10.4 Å². The number of hydrogen-bond donors (Lipinski definition) is 2. The van der Waals surface area contributed by atoms with E-state index < -0.39 is 0 Å². The van der Waals surface area contributed by atoms with Crippen LogP contribution in [-0.2, 0) is 5.75 Å². The normalized spacial score (nSPS) is 9.60. The molecule has 0 unspecified atom stereocenters. The van der Waals surface area contributed by atoms with E-state index in [1.165, 1.54) is 23.5 Å². The van der Waals surface area contributed by atoms with Crippen LogP contribution in [0.3, 0.4) is 0 Å². The molecule has 5 nitrogen and oxygen atoms in total. The molecule has 0 radical (unpaired) electrons. The zero-order valence-electron chi connectivity index (χ0n) is 15.2. The van der Waals surface area contributed by atoms with Crippen molar-refractivity contribution in [2.45, 2.75) is 38.5 Å². The maximum atomic E-state index is 9.19. The molecular weight excluding hydrogens is 350 g/mol. The van der Waals surface area contributed by atoms with Crippen molar-refractivity contribution in [3.05, 3.63) is 46.6 Å². The highest BCUT2D eigenvalue weighted by Crippen LogP contribution is 2.31. The Labute approximate surface area is 158 Å². The van der Waals surface area contributed by atoms with Crippen molar-refractivity contribution < 1.29 is 0 Å². The van der Waals surface area contributed by atoms with Crippen LogP contribution in [0.4, 0.5) is 5.69 Å². The number of benzene rings is 1. The number of anilines is 1. The quantitative estimate of drug-likeness (QED) is 0.446. The summed E-state index contributed by atoms with van der Waals surface area (Å²) in [6, 6.07) is 9.92. The number of nitriles is 1. The summed E-state index contributed by atoms with van der Waals surface area (Å²) in [4.78, 5) is 0. The van der Waals surface area contributed by atoms with Gasteiger partial charge in [-0.25, -0.2) is 0 Å². The minimum atomic E-state index is 0.420. The molecule has 1 aromatic carbocycles. The lowest BCUT2D eigenvalue weighted by molar-refractivity contribution is 0.900. The molecule has 1 aromatic heterocycles. The van der Waals surface area contributed by atoms with Crippen molar-refractivity contribution in [2.75, 3.05) is 12.4 Å². The van der Waals surface area contributed by atoms with E-state index in [0.29, 0.717) is 20.7 Å². The predicted molar refractivity (Wildman–Crippen MR) is 108 cm³/mol. The summed E-state index contributed by atoms with van der Waals surface area (Å²) < 4.78 is 0.420. The first-order valence-corrected chi connectivity index (χ1v) is 9.74. The maximum absolute atomic E-state index is 9.19. The molecule has 0 saturated heterocycles. The first-order valence-electron chi connectivity index (χ1n) is 7.94. The second-order valence-electron chi connectivity index (χ2n) is 4.91. The molecule has 0 aliphatic rings. The van der Waals surface area contributed by atoms with E-state index in [-0.39, 0.29) is 0 Å². The fraction of sp³-hybridized carbons (Fsp3) is 0.333. The Kier molecular flexibility index (Phi) is 9.03. The van der Waals surface area contributed by atoms with Crippen LogP contribution in [0.15, 0.2) is 29.3 Å². The molecule has 0 aliphatic heterocycles. The molecule has 0 atom stereocenters. The average Bonchev–Trinajstić information content (AvgIpc) is 2.63. The van der Waals surface area contributed by atoms with E-state index in [1.54, 1.807) is 0 Å². The fourth-order valence-electron chi connectivity index (χ4n) is 1.91. The molecule has 0 spiro atoms. The molecular formula is C18H23N5S2. The van der Waals surface area contributed by atoms with Crippen molar-refractivity contribution in [3.63, 3.8) is 0 Å². The van der Waals surface area contributed by atoms with Gasteiger partial charge in [0.25, 0.3) is 0 Å². The van der Waals surface area contributed by atoms with Crippen molar-refractivity contribution in [3.8, 4) is 6.07 Å². The molecule has 0 amide bonds. The van der Waals surface area contributed by atoms with Crippen molar-refractivity contribution in [1.82, 2.24) is 10.2 Å². The highest BCUT2D eigenvalue weighted by Gasteiger charge is 2.11. The van der Waals surface area contributed by atoms with Crippen molar-refractivity contribution >= 4 is 33.6 Å². The van der Waals surface area contributed by atoms with E-state index in [1.807, 2.05) is 59.0 Å². The number of aryl methyl sites for hydroxylation is 2. The van der Waals surface area contributed by atoms with Crippen molar-refractivity contribution in [1.29, 1.82) is 10.7 Å². The first-order chi connectivity index (χ1) is 12.0. The third-order valence-electron chi connectivity index (χ3n) is 3.09. The molecule has 2 rings (SSSR count). The van der Waals surface area contributed by atoms with Crippen molar-refractivity contribution in [2.24, 2.45) is 0 Å². The Bertz CT molecular complexity index is 769. The zero-order valence-corrected chi connectivity index (χ0v) is 16.8. The molecule has 0 saturated carbocycles. The largest absolute Gasteiger partial charge is 0.386 e. The van der Waals surface area contributed by atoms with E-state index in [4.69, 9.17) is 5.41 Å². The molecule has 7 heteroatoms. The van der Waals surface area contributed by atoms with Gasteiger partial charge in [-0.05, 0) is 48.9 Å². The smallest absolute Gasteiger partial charge is 0.149 e. The summed E-state index contributed by atoms with van der Waals surface area (Å²) >= 11 is 2.65. The predicted octanol–water partition coefficient (Wildman–Crippen LogP) is 4.99.